The molecule has 5 nitrogen and oxygen atoms in total. The van der Waals surface area contributed by atoms with Gasteiger partial charge < -0.3 is 5.32 Å². The molecule has 0 saturated carbocycles. The molecular formula is C13H18ClN3O2S. The highest BCUT2D eigenvalue weighted by atomic mass is 35.5. The summed E-state index contributed by atoms with van der Waals surface area (Å²) in [6, 6.07) is 6.38. The molecule has 0 bridgehead atoms. The van der Waals surface area contributed by atoms with E-state index in [1.807, 2.05) is 13.8 Å². The average molecular weight is 316 g/mol. The lowest BCUT2D eigenvalue weighted by molar-refractivity contribution is 0.364. The van der Waals surface area contributed by atoms with Crippen molar-refractivity contribution < 1.29 is 8.42 Å². The van der Waals surface area contributed by atoms with Crippen molar-refractivity contribution in [3.63, 3.8) is 0 Å². The fraction of sp³-hybridized carbons (Fsp3) is 0.462. The minimum Gasteiger partial charge on any atom is -0.383 e. The summed E-state index contributed by atoms with van der Waals surface area (Å²) in [5, 5.41) is 17.2. The zero-order valence-corrected chi connectivity index (χ0v) is 13.1. The smallest absolute Gasteiger partial charge is 0.238 e. The van der Waals surface area contributed by atoms with E-state index in [4.69, 9.17) is 22.0 Å². The molecule has 1 rings (SSSR count). The largest absolute Gasteiger partial charge is 0.383 e. The van der Waals surface area contributed by atoms with E-state index in [9.17, 15) is 8.42 Å². The van der Waals surface area contributed by atoms with Crippen molar-refractivity contribution in [3.05, 3.63) is 23.2 Å². The van der Waals surface area contributed by atoms with Gasteiger partial charge in [-0.2, -0.15) is 5.26 Å². The summed E-state index contributed by atoms with van der Waals surface area (Å²) >= 11 is 6.03. The topological polar surface area (TPSA) is 96.0 Å². The molecule has 0 amide bonds. The zero-order chi connectivity index (χ0) is 15.4. The van der Waals surface area contributed by atoms with Crippen LogP contribution in [0.5, 0.6) is 0 Å². The van der Waals surface area contributed by atoms with E-state index >= 15 is 0 Å². The van der Waals surface area contributed by atoms with Gasteiger partial charge in [0.15, 0.2) is 0 Å². The van der Waals surface area contributed by atoms with E-state index in [0.29, 0.717) is 23.7 Å². The number of benzene rings is 1. The van der Waals surface area contributed by atoms with Crippen molar-refractivity contribution in [1.82, 2.24) is 0 Å². The van der Waals surface area contributed by atoms with Crippen LogP contribution >= 0.6 is 11.6 Å². The zero-order valence-electron chi connectivity index (χ0n) is 11.5. The van der Waals surface area contributed by atoms with E-state index in [-0.39, 0.29) is 10.3 Å². The quantitative estimate of drug-likeness (QED) is 0.843. The number of nitriles is 1. The summed E-state index contributed by atoms with van der Waals surface area (Å²) in [6.45, 7) is 4.62. The highest BCUT2D eigenvalue weighted by Crippen LogP contribution is 2.28. The monoisotopic (exact) mass is 315 g/mol. The molecule has 0 radical (unpaired) electrons. The normalized spacial score (nSPS) is 11.9. The second-order valence-electron chi connectivity index (χ2n) is 5.36. The Kier molecular flexibility index (Phi) is 5.40. The van der Waals surface area contributed by atoms with Crippen LogP contribution in [0.1, 0.15) is 26.7 Å². The molecule has 0 aromatic heterocycles. The number of sulfonamides is 1. The number of hydrogen-bond acceptors (Lipinski definition) is 4. The Balaban J connectivity index is 2.86. The molecule has 0 unspecified atom stereocenters. The summed E-state index contributed by atoms with van der Waals surface area (Å²) in [5.74, 6) is 0. The van der Waals surface area contributed by atoms with Gasteiger partial charge in [0.2, 0.25) is 10.0 Å². The van der Waals surface area contributed by atoms with E-state index in [1.165, 1.54) is 18.2 Å². The van der Waals surface area contributed by atoms with Crippen molar-refractivity contribution >= 4 is 27.3 Å². The van der Waals surface area contributed by atoms with Crippen LogP contribution in [0.15, 0.2) is 23.1 Å². The Morgan fingerprint density at radius 1 is 1.45 bits per heavy atom. The molecule has 0 spiro atoms. The second-order valence-corrected chi connectivity index (χ2v) is 7.33. The number of nitrogens with one attached hydrogen (secondary N) is 1. The van der Waals surface area contributed by atoms with E-state index < -0.39 is 10.0 Å². The van der Waals surface area contributed by atoms with Crippen LogP contribution in [0.25, 0.3) is 0 Å². The predicted molar refractivity (Wildman–Crippen MR) is 79.9 cm³/mol. The molecule has 1 aromatic rings. The Bertz CT molecular complexity index is 621. The van der Waals surface area contributed by atoms with Gasteiger partial charge in [-0.3, -0.25) is 0 Å². The van der Waals surface area contributed by atoms with Gasteiger partial charge in [0.25, 0.3) is 0 Å². The molecule has 0 heterocycles. The van der Waals surface area contributed by atoms with Crippen molar-refractivity contribution in [2.45, 2.75) is 31.6 Å². The fourth-order valence-electron chi connectivity index (χ4n) is 1.63. The molecule has 0 aliphatic carbocycles. The summed E-state index contributed by atoms with van der Waals surface area (Å²) in [4.78, 5) is 0.0132. The number of nitrogens with two attached hydrogens (primary N) is 1. The standard InChI is InChI=1S/C13H18ClN3O2S/c1-13(2,6-3-7-15)9-17-12-8-10(20(16,18)19)4-5-11(12)14/h4-5,8,17H,3,6,9H2,1-2H3,(H2,16,18,19). The van der Waals surface area contributed by atoms with Crippen molar-refractivity contribution in [1.29, 1.82) is 5.26 Å². The first kappa shape index (κ1) is 16.8. The van der Waals surface area contributed by atoms with Gasteiger partial charge in [0.1, 0.15) is 0 Å². The van der Waals surface area contributed by atoms with Crippen LogP contribution < -0.4 is 10.5 Å². The average Bonchev–Trinajstić information content (AvgIpc) is 2.34. The van der Waals surface area contributed by atoms with Crippen LogP contribution in [0.2, 0.25) is 5.02 Å². The third-order valence-corrected chi connectivity index (χ3v) is 4.18. The van der Waals surface area contributed by atoms with Gasteiger partial charge in [0, 0.05) is 13.0 Å². The molecule has 0 aliphatic rings. The maximum atomic E-state index is 11.3. The van der Waals surface area contributed by atoms with E-state index in [1.54, 1.807) is 0 Å². The molecular weight excluding hydrogens is 298 g/mol. The Morgan fingerprint density at radius 2 is 2.10 bits per heavy atom. The molecule has 0 fully saturated rings. The first-order valence-electron chi connectivity index (χ1n) is 6.09. The van der Waals surface area contributed by atoms with Gasteiger partial charge in [-0.05, 0) is 30.0 Å². The Hall–Kier alpha value is -1.29. The van der Waals surface area contributed by atoms with Gasteiger partial charge in [0.05, 0.1) is 21.7 Å². The van der Waals surface area contributed by atoms with E-state index in [2.05, 4.69) is 11.4 Å². The fourth-order valence-corrected chi connectivity index (χ4v) is 2.36. The molecule has 7 heteroatoms. The first-order valence-corrected chi connectivity index (χ1v) is 8.01. The van der Waals surface area contributed by atoms with Crippen molar-refractivity contribution in [2.24, 2.45) is 10.6 Å². The number of halogens is 1. The highest BCUT2D eigenvalue weighted by molar-refractivity contribution is 7.89. The Morgan fingerprint density at radius 3 is 2.65 bits per heavy atom. The second kappa shape index (κ2) is 6.44. The maximum Gasteiger partial charge on any atom is 0.238 e. The summed E-state index contributed by atoms with van der Waals surface area (Å²) in [5.41, 5.74) is 0.416. The molecule has 0 aliphatic heterocycles. The molecule has 0 saturated heterocycles. The minimum absolute atomic E-state index is 0.0132. The van der Waals surface area contributed by atoms with Crippen LogP contribution in [0.3, 0.4) is 0 Å². The van der Waals surface area contributed by atoms with Gasteiger partial charge in [-0.15, -0.1) is 0 Å². The predicted octanol–water partition coefficient (Wildman–Crippen LogP) is 2.73. The van der Waals surface area contributed by atoms with Gasteiger partial charge >= 0.3 is 0 Å². The maximum absolute atomic E-state index is 11.3. The van der Waals surface area contributed by atoms with E-state index in [0.717, 1.165) is 6.42 Å². The van der Waals surface area contributed by atoms with Gasteiger partial charge in [-0.25, -0.2) is 13.6 Å². The summed E-state index contributed by atoms with van der Waals surface area (Å²) in [6.07, 6.45) is 1.21. The van der Waals surface area contributed by atoms with Crippen LogP contribution in [0, 0.1) is 16.7 Å². The lowest BCUT2D eigenvalue weighted by Gasteiger charge is -2.24. The number of rotatable bonds is 6. The molecule has 3 N–H and O–H groups in total. The number of hydrogen-bond donors (Lipinski definition) is 2. The van der Waals surface area contributed by atoms with Crippen molar-refractivity contribution in [2.75, 3.05) is 11.9 Å². The lowest BCUT2D eigenvalue weighted by Crippen LogP contribution is -2.23. The SMILES string of the molecule is CC(C)(CCC#N)CNc1cc(S(N)(=O)=O)ccc1Cl. The minimum atomic E-state index is -3.75. The number of primary sulfonamides is 1. The molecule has 0 atom stereocenters. The summed E-state index contributed by atoms with van der Waals surface area (Å²) in [7, 11) is -3.75. The van der Waals surface area contributed by atoms with Gasteiger partial charge in [-0.1, -0.05) is 25.4 Å². The van der Waals surface area contributed by atoms with Crippen molar-refractivity contribution in [3.8, 4) is 6.07 Å². The Labute approximate surface area is 124 Å². The third kappa shape index (κ3) is 5.00. The summed E-state index contributed by atoms with van der Waals surface area (Å²) < 4.78 is 22.6. The van der Waals surface area contributed by atoms with Crippen LogP contribution in [-0.4, -0.2) is 15.0 Å². The molecule has 1 aromatic carbocycles. The van der Waals surface area contributed by atoms with Crippen LogP contribution in [0.4, 0.5) is 5.69 Å². The molecule has 110 valence electrons. The number of nitrogens with zero attached hydrogens (tertiary/aromatic N) is 1. The highest BCUT2D eigenvalue weighted by Gasteiger charge is 2.18. The van der Waals surface area contributed by atoms with Crippen LogP contribution in [-0.2, 0) is 10.0 Å². The lowest BCUT2D eigenvalue weighted by atomic mass is 9.88. The molecule has 20 heavy (non-hydrogen) atoms. The third-order valence-electron chi connectivity index (χ3n) is 2.94. The number of anilines is 1. The first-order chi connectivity index (χ1) is 9.15.